The first-order valence-electron chi connectivity index (χ1n) is 13.8. The number of nitrogens with two attached hydrogens (primary N) is 1. The Kier molecular flexibility index (Phi) is 30.2. The SMILES string of the molecule is C/C=C\N.O=C(O)CCCCCCCCCCNC(=O)COCCOCCNC(=O)CCCCCC(=O)O. The zero-order valence-electron chi connectivity index (χ0n) is 23.2. The molecule has 0 unspecified atom stereocenters. The van der Waals surface area contributed by atoms with E-state index in [1.807, 2.05) is 6.92 Å². The lowest BCUT2D eigenvalue weighted by Crippen LogP contribution is -2.29. The van der Waals surface area contributed by atoms with Crippen LogP contribution in [0, 0.1) is 0 Å². The van der Waals surface area contributed by atoms with Crippen LogP contribution in [0.4, 0.5) is 0 Å². The molecule has 11 nitrogen and oxygen atoms in total. The average Bonchev–Trinajstić information content (AvgIpc) is 2.88. The molecule has 0 aliphatic heterocycles. The van der Waals surface area contributed by atoms with Crippen molar-refractivity contribution in [1.82, 2.24) is 10.6 Å². The highest BCUT2D eigenvalue weighted by Gasteiger charge is 2.03. The minimum absolute atomic E-state index is 0.00167. The van der Waals surface area contributed by atoms with E-state index >= 15 is 0 Å². The summed E-state index contributed by atoms with van der Waals surface area (Å²) in [4.78, 5) is 44.1. The number of carboxylic acids is 2. The molecule has 2 amide bonds. The summed E-state index contributed by atoms with van der Waals surface area (Å²) in [6, 6.07) is 0. The van der Waals surface area contributed by atoms with Gasteiger partial charge in [0.05, 0.1) is 19.8 Å². The van der Waals surface area contributed by atoms with E-state index in [2.05, 4.69) is 10.6 Å². The summed E-state index contributed by atoms with van der Waals surface area (Å²) in [6.45, 7) is 3.92. The minimum atomic E-state index is -0.812. The molecule has 0 rings (SSSR count). The first-order valence-corrected chi connectivity index (χ1v) is 13.8. The number of carbonyl (C=O) groups is 4. The fourth-order valence-electron chi connectivity index (χ4n) is 3.22. The fourth-order valence-corrected chi connectivity index (χ4v) is 3.22. The molecule has 0 saturated heterocycles. The second kappa shape index (κ2) is 30.6. The lowest BCUT2D eigenvalue weighted by Gasteiger charge is -2.08. The van der Waals surface area contributed by atoms with E-state index in [4.69, 9.17) is 25.4 Å². The van der Waals surface area contributed by atoms with Gasteiger partial charge in [0.15, 0.2) is 0 Å². The molecule has 0 saturated carbocycles. The highest BCUT2D eigenvalue weighted by Crippen LogP contribution is 2.09. The van der Waals surface area contributed by atoms with Gasteiger partial charge >= 0.3 is 11.9 Å². The number of ether oxygens (including phenoxy) is 2. The van der Waals surface area contributed by atoms with Crippen molar-refractivity contribution < 1.29 is 38.9 Å². The van der Waals surface area contributed by atoms with Crippen LogP contribution in [0.1, 0.15) is 96.8 Å². The Hall–Kier alpha value is -2.66. The lowest BCUT2D eigenvalue weighted by atomic mass is 10.1. The quantitative estimate of drug-likeness (QED) is 0.108. The van der Waals surface area contributed by atoms with Crippen molar-refractivity contribution in [1.29, 1.82) is 0 Å². The Morgan fingerprint density at radius 2 is 1.08 bits per heavy atom. The predicted octanol–water partition coefficient (Wildman–Crippen LogP) is 3.36. The van der Waals surface area contributed by atoms with E-state index in [9.17, 15) is 19.2 Å². The number of carbonyl (C=O) groups excluding carboxylic acids is 2. The van der Waals surface area contributed by atoms with Crippen molar-refractivity contribution in [3.63, 3.8) is 0 Å². The van der Waals surface area contributed by atoms with Crippen molar-refractivity contribution in [2.75, 3.05) is 39.5 Å². The Bertz CT molecular complexity index is 625. The van der Waals surface area contributed by atoms with Crippen LogP contribution < -0.4 is 16.4 Å². The van der Waals surface area contributed by atoms with Gasteiger partial charge in [-0.05, 0) is 38.8 Å². The molecule has 0 fully saturated rings. The Labute approximate surface area is 227 Å². The van der Waals surface area contributed by atoms with Crippen molar-refractivity contribution in [2.24, 2.45) is 5.73 Å². The number of carboxylic acid groups (broad SMARTS) is 2. The van der Waals surface area contributed by atoms with Gasteiger partial charge in [0, 0.05) is 32.4 Å². The van der Waals surface area contributed by atoms with Crippen molar-refractivity contribution in [3.8, 4) is 0 Å². The number of unbranched alkanes of at least 4 members (excludes halogenated alkanes) is 9. The highest BCUT2D eigenvalue weighted by molar-refractivity contribution is 5.77. The first-order chi connectivity index (χ1) is 18.3. The number of amides is 2. The summed E-state index contributed by atoms with van der Waals surface area (Å²) in [5.74, 6) is -1.75. The second-order valence-corrected chi connectivity index (χ2v) is 8.82. The number of rotatable bonds is 25. The molecule has 0 radical (unpaired) electrons. The van der Waals surface area contributed by atoms with Crippen LogP contribution in [0.25, 0.3) is 0 Å². The van der Waals surface area contributed by atoms with Crippen molar-refractivity contribution >= 4 is 23.8 Å². The molecule has 0 aliphatic carbocycles. The number of nitrogens with one attached hydrogen (secondary N) is 2. The number of hydrogen-bond donors (Lipinski definition) is 5. The van der Waals surface area contributed by atoms with E-state index in [1.54, 1.807) is 6.08 Å². The van der Waals surface area contributed by atoms with Crippen LogP contribution in [-0.2, 0) is 28.7 Å². The molecule has 0 aromatic rings. The third kappa shape index (κ3) is 35.5. The van der Waals surface area contributed by atoms with Crippen LogP contribution in [0.2, 0.25) is 0 Å². The second-order valence-electron chi connectivity index (χ2n) is 8.82. The van der Waals surface area contributed by atoms with Gasteiger partial charge in [-0.1, -0.05) is 51.0 Å². The summed E-state index contributed by atoms with van der Waals surface area (Å²) >= 11 is 0. The van der Waals surface area contributed by atoms with E-state index in [0.29, 0.717) is 52.2 Å². The number of hydrogen-bond acceptors (Lipinski definition) is 7. The molecule has 11 heteroatoms. The molecule has 222 valence electrons. The molecule has 0 atom stereocenters. The Morgan fingerprint density at radius 3 is 1.63 bits per heavy atom. The third-order valence-corrected chi connectivity index (χ3v) is 5.30. The molecule has 0 spiro atoms. The van der Waals surface area contributed by atoms with Crippen LogP contribution in [0.3, 0.4) is 0 Å². The molecule has 0 aromatic carbocycles. The molecular formula is C27H51N3O8. The summed E-state index contributed by atoms with van der Waals surface area (Å²) in [5.41, 5.74) is 4.85. The lowest BCUT2D eigenvalue weighted by molar-refractivity contribution is -0.138. The van der Waals surface area contributed by atoms with Crippen LogP contribution in [-0.4, -0.2) is 73.5 Å². The zero-order chi connectivity index (χ0) is 28.7. The first kappa shape index (κ1) is 37.5. The molecule has 6 N–H and O–H groups in total. The monoisotopic (exact) mass is 545 g/mol. The standard InChI is InChI=1S/C24H44N2O8.C3H7N/c27-21(12-8-7-10-14-24(31)32)26-16-17-33-18-19-34-20-22(28)25-15-11-6-4-2-1-3-5-9-13-23(29)30;1-2-3-4/h1-20H2,(H,25,28)(H,26,27)(H,29,30)(H,31,32);2-3H,4H2,1H3/b;3-2-. The summed E-state index contributed by atoms with van der Waals surface area (Å²) in [5, 5.41) is 22.7. The van der Waals surface area contributed by atoms with Crippen molar-refractivity contribution in [2.45, 2.75) is 96.8 Å². The molecule has 0 aromatic heterocycles. The van der Waals surface area contributed by atoms with Crippen LogP contribution >= 0.6 is 0 Å². The van der Waals surface area contributed by atoms with Gasteiger partial charge in [-0.15, -0.1) is 0 Å². The third-order valence-electron chi connectivity index (χ3n) is 5.30. The Balaban J connectivity index is 0. The van der Waals surface area contributed by atoms with Gasteiger partial charge in [0.25, 0.3) is 0 Å². The maximum absolute atomic E-state index is 11.7. The molecular weight excluding hydrogens is 494 g/mol. The van der Waals surface area contributed by atoms with Gasteiger partial charge in [-0.25, -0.2) is 0 Å². The van der Waals surface area contributed by atoms with E-state index < -0.39 is 11.9 Å². The van der Waals surface area contributed by atoms with Gasteiger partial charge in [-0.3, -0.25) is 19.2 Å². The summed E-state index contributed by atoms with van der Waals surface area (Å²) in [6.07, 6.45) is 14.2. The maximum atomic E-state index is 11.7. The van der Waals surface area contributed by atoms with Crippen molar-refractivity contribution in [3.05, 3.63) is 12.3 Å². The maximum Gasteiger partial charge on any atom is 0.303 e. The van der Waals surface area contributed by atoms with Gasteiger partial charge < -0.3 is 36.1 Å². The van der Waals surface area contributed by atoms with E-state index in [0.717, 1.165) is 57.8 Å². The van der Waals surface area contributed by atoms with Gasteiger partial charge in [0.1, 0.15) is 6.61 Å². The van der Waals surface area contributed by atoms with E-state index in [1.165, 1.54) is 6.20 Å². The molecule has 0 heterocycles. The Morgan fingerprint density at radius 1 is 0.632 bits per heavy atom. The average molecular weight is 546 g/mol. The largest absolute Gasteiger partial charge is 0.481 e. The highest BCUT2D eigenvalue weighted by atomic mass is 16.5. The molecule has 38 heavy (non-hydrogen) atoms. The summed E-state index contributed by atoms with van der Waals surface area (Å²) < 4.78 is 10.6. The van der Waals surface area contributed by atoms with Crippen LogP contribution in [0.5, 0.6) is 0 Å². The zero-order valence-corrected chi connectivity index (χ0v) is 23.2. The smallest absolute Gasteiger partial charge is 0.303 e. The number of aliphatic carboxylic acids is 2. The molecule has 0 bridgehead atoms. The van der Waals surface area contributed by atoms with Gasteiger partial charge in [0.2, 0.25) is 11.8 Å². The molecule has 0 aliphatic rings. The predicted molar refractivity (Wildman–Crippen MR) is 147 cm³/mol. The van der Waals surface area contributed by atoms with E-state index in [-0.39, 0.29) is 31.3 Å². The number of allylic oxidation sites excluding steroid dienone is 1. The van der Waals surface area contributed by atoms with Crippen LogP contribution in [0.15, 0.2) is 12.3 Å². The topological polar surface area (TPSA) is 177 Å². The normalized spacial score (nSPS) is 10.6. The fraction of sp³-hybridized carbons (Fsp3) is 0.778. The van der Waals surface area contributed by atoms with Gasteiger partial charge in [-0.2, -0.15) is 0 Å². The summed E-state index contributed by atoms with van der Waals surface area (Å²) in [7, 11) is 0. The minimum Gasteiger partial charge on any atom is -0.481 e.